The molecule has 1 saturated carbocycles. The molecule has 1 aliphatic rings. The topological polar surface area (TPSA) is 101 Å². The molecule has 0 saturated heterocycles. The van der Waals surface area contributed by atoms with Crippen LogP contribution in [0.1, 0.15) is 39.6 Å². The van der Waals surface area contributed by atoms with Gasteiger partial charge in [-0.3, -0.25) is 14.4 Å². The summed E-state index contributed by atoms with van der Waals surface area (Å²) in [5.74, 6) is -0.0910. The Hall–Kier alpha value is -3.15. The molecule has 4 N–H and O–H groups in total. The molecule has 6 nitrogen and oxygen atoms in total. The van der Waals surface area contributed by atoms with Crippen molar-refractivity contribution in [2.24, 2.45) is 17.6 Å². The van der Waals surface area contributed by atoms with E-state index in [2.05, 4.69) is 17.6 Å². The zero-order valence-electron chi connectivity index (χ0n) is 14.5. The summed E-state index contributed by atoms with van der Waals surface area (Å²) in [4.78, 5) is 35.2. The Kier molecular flexibility index (Phi) is 5.02. The van der Waals surface area contributed by atoms with Gasteiger partial charge in [-0.05, 0) is 54.3 Å². The molecule has 26 heavy (non-hydrogen) atoms. The molecule has 0 bridgehead atoms. The summed E-state index contributed by atoms with van der Waals surface area (Å²) in [7, 11) is 0. The lowest BCUT2D eigenvalue weighted by atomic mass is 10.1. The minimum absolute atomic E-state index is 0.0362. The lowest BCUT2D eigenvalue weighted by molar-refractivity contribution is -0.117. The number of hydrogen-bond donors (Lipinski definition) is 3. The maximum absolute atomic E-state index is 12.2. The first-order chi connectivity index (χ1) is 12.4. The number of rotatable bonds is 6. The minimum atomic E-state index is -0.482. The molecular formula is C20H21N3O3. The Morgan fingerprint density at radius 1 is 1.00 bits per heavy atom. The average molecular weight is 351 g/mol. The Morgan fingerprint density at radius 2 is 1.58 bits per heavy atom. The van der Waals surface area contributed by atoms with E-state index in [1.165, 1.54) is 0 Å². The van der Waals surface area contributed by atoms with Crippen molar-refractivity contribution in [2.75, 3.05) is 5.32 Å². The van der Waals surface area contributed by atoms with Gasteiger partial charge in [-0.2, -0.15) is 0 Å². The van der Waals surface area contributed by atoms with E-state index < -0.39 is 5.91 Å². The Bertz CT molecular complexity index is 828. The van der Waals surface area contributed by atoms with E-state index in [4.69, 9.17) is 5.73 Å². The molecule has 0 aromatic heterocycles. The van der Waals surface area contributed by atoms with Gasteiger partial charge < -0.3 is 16.4 Å². The van der Waals surface area contributed by atoms with Crippen LogP contribution in [0, 0.1) is 11.8 Å². The van der Waals surface area contributed by atoms with Crippen molar-refractivity contribution in [1.82, 2.24) is 5.32 Å². The molecule has 0 spiro atoms. The molecular weight excluding hydrogens is 330 g/mol. The fourth-order valence-corrected chi connectivity index (χ4v) is 2.70. The average Bonchev–Trinajstić information content (AvgIpc) is 3.37. The van der Waals surface area contributed by atoms with E-state index in [1.54, 1.807) is 48.5 Å². The molecule has 2 atom stereocenters. The van der Waals surface area contributed by atoms with Crippen LogP contribution in [0.4, 0.5) is 5.69 Å². The van der Waals surface area contributed by atoms with Crippen LogP contribution in [0.15, 0.2) is 48.5 Å². The SMILES string of the molecule is C[C@H]1C[C@@H]1C(=O)Nc1ccc(C(=O)NCc2ccc(C(N)=O)cc2)cc1. The van der Waals surface area contributed by atoms with E-state index in [9.17, 15) is 14.4 Å². The van der Waals surface area contributed by atoms with Crippen molar-refractivity contribution in [2.45, 2.75) is 19.9 Å². The van der Waals surface area contributed by atoms with E-state index in [-0.39, 0.29) is 17.7 Å². The summed E-state index contributed by atoms with van der Waals surface area (Å²) in [5, 5.41) is 5.68. The monoisotopic (exact) mass is 351 g/mol. The third-order valence-corrected chi connectivity index (χ3v) is 4.55. The highest BCUT2D eigenvalue weighted by atomic mass is 16.2. The summed E-state index contributed by atoms with van der Waals surface area (Å²) in [5.41, 5.74) is 7.69. The lowest BCUT2D eigenvalue weighted by Crippen LogP contribution is -2.23. The number of benzene rings is 2. The molecule has 0 radical (unpaired) electrons. The predicted octanol–water partition coefficient (Wildman–Crippen LogP) is 2.31. The molecule has 1 fully saturated rings. The highest BCUT2D eigenvalue weighted by Gasteiger charge is 2.39. The van der Waals surface area contributed by atoms with Gasteiger partial charge in [0.05, 0.1) is 0 Å². The van der Waals surface area contributed by atoms with Crippen LogP contribution in [0.5, 0.6) is 0 Å². The fourth-order valence-electron chi connectivity index (χ4n) is 2.70. The maximum atomic E-state index is 12.2. The number of carbonyl (C=O) groups is 3. The third-order valence-electron chi connectivity index (χ3n) is 4.55. The number of anilines is 1. The second kappa shape index (κ2) is 7.39. The molecule has 6 heteroatoms. The molecule has 0 heterocycles. The molecule has 1 aliphatic carbocycles. The summed E-state index contributed by atoms with van der Waals surface area (Å²) in [6, 6.07) is 13.6. The largest absolute Gasteiger partial charge is 0.366 e. The van der Waals surface area contributed by atoms with E-state index >= 15 is 0 Å². The predicted molar refractivity (Wildman–Crippen MR) is 98.5 cm³/mol. The fraction of sp³-hybridized carbons (Fsp3) is 0.250. The second-order valence-electron chi connectivity index (χ2n) is 6.63. The van der Waals surface area contributed by atoms with E-state index in [0.717, 1.165) is 12.0 Å². The van der Waals surface area contributed by atoms with Crippen LogP contribution in [0.2, 0.25) is 0 Å². The molecule has 134 valence electrons. The standard InChI is InChI=1S/C20H21N3O3/c1-12-10-17(12)20(26)23-16-8-6-15(7-9-16)19(25)22-11-13-2-4-14(5-3-13)18(21)24/h2-9,12,17H,10-11H2,1H3,(H2,21,24)(H,22,25)(H,23,26)/t12-,17-/m0/s1. The molecule has 0 unspecified atom stereocenters. The zero-order chi connectivity index (χ0) is 18.7. The first-order valence-corrected chi connectivity index (χ1v) is 8.52. The van der Waals surface area contributed by atoms with Gasteiger partial charge in [-0.25, -0.2) is 0 Å². The highest BCUT2D eigenvalue weighted by molar-refractivity contribution is 5.97. The van der Waals surface area contributed by atoms with Gasteiger partial charge in [0, 0.05) is 29.3 Å². The number of nitrogens with two attached hydrogens (primary N) is 1. The molecule has 2 aromatic rings. The first-order valence-electron chi connectivity index (χ1n) is 8.52. The smallest absolute Gasteiger partial charge is 0.251 e. The van der Waals surface area contributed by atoms with Gasteiger partial charge in [-0.1, -0.05) is 19.1 Å². The van der Waals surface area contributed by atoms with Crippen molar-refractivity contribution in [3.05, 3.63) is 65.2 Å². The number of primary amides is 1. The summed E-state index contributed by atoms with van der Waals surface area (Å²) in [6.07, 6.45) is 0.937. The quantitative estimate of drug-likeness (QED) is 0.744. The Morgan fingerprint density at radius 3 is 2.12 bits per heavy atom. The molecule has 2 aromatic carbocycles. The third kappa shape index (κ3) is 4.27. The van der Waals surface area contributed by atoms with Gasteiger partial charge in [0.1, 0.15) is 0 Å². The summed E-state index contributed by atoms with van der Waals surface area (Å²) in [6.45, 7) is 2.40. The summed E-state index contributed by atoms with van der Waals surface area (Å²) >= 11 is 0. The number of hydrogen-bond acceptors (Lipinski definition) is 3. The van der Waals surface area contributed by atoms with Crippen molar-refractivity contribution in [3.8, 4) is 0 Å². The number of carbonyl (C=O) groups excluding carboxylic acids is 3. The van der Waals surface area contributed by atoms with Crippen LogP contribution < -0.4 is 16.4 Å². The minimum Gasteiger partial charge on any atom is -0.366 e. The van der Waals surface area contributed by atoms with Crippen LogP contribution in [-0.4, -0.2) is 17.7 Å². The highest BCUT2D eigenvalue weighted by Crippen LogP contribution is 2.38. The van der Waals surface area contributed by atoms with Crippen molar-refractivity contribution in [3.63, 3.8) is 0 Å². The van der Waals surface area contributed by atoms with Crippen LogP contribution in [-0.2, 0) is 11.3 Å². The summed E-state index contributed by atoms with van der Waals surface area (Å²) < 4.78 is 0. The van der Waals surface area contributed by atoms with Crippen molar-refractivity contribution >= 4 is 23.4 Å². The second-order valence-corrected chi connectivity index (χ2v) is 6.63. The lowest BCUT2D eigenvalue weighted by Gasteiger charge is -2.08. The van der Waals surface area contributed by atoms with E-state index in [0.29, 0.717) is 29.3 Å². The van der Waals surface area contributed by atoms with Crippen molar-refractivity contribution in [1.29, 1.82) is 0 Å². The van der Waals surface area contributed by atoms with Gasteiger partial charge in [0.15, 0.2) is 0 Å². The van der Waals surface area contributed by atoms with Crippen LogP contribution in [0.3, 0.4) is 0 Å². The van der Waals surface area contributed by atoms with Gasteiger partial charge in [0.25, 0.3) is 5.91 Å². The number of amides is 3. The molecule has 3 amide bonds. The molecule has 0 aliphatic heterocycles. The number of nitrogens with one attached hydrogen (secondary N) is 2. The first kappa shape index (κ1) is 17.7. The van der Waals surface area contributed by atoms with Gasteiger partial charge in [-0.15, -0.1) is 0 Å². The van der Waals surface area contributed by atoms with E-state index in [1.807, 2.05) is 0 Å². The van der Waals surface area contributed by atoms with Crippen LogP contribution >= 0.6 is 0 Å². The zero-order valence-corrected chi connectivity index (χ0v) is 14.5. The Labute approximate surface area is 151 Å². The van der Waals surface area contributed by atoms with Crippen LogP contribution in [0.25, 0.3) is 0 Å². The molecule has 3 rings (SSSR count). The van der Waals surface area contributed by atoms with Gasteiger partial charge in [0.2, 0.25) is 11.8 Å². The van der Waals surface area contributed by atoms with Gasteiger partial charge >= 0.3 is 0 Å². The normalized spacial score (nSPS) is 18.0. The van der Waals surface area contributed by atoms with Crippen molar-refractivity contribution < 1.29 is 14.4 Å². The Balaban J connectivity index is 1.52. The maximum Gasteiger partial charge on any atom is 0.251 e.